The van der Waals surface area contributed by atoms with Crippen LogP contribution in [0.25, 0.3) is 39.0 Å². The molecule has 0 aliphatic carbocycles. The molecular weight excluding hydrogens is 581 g/mol. The average molecular weight is 601 g/mol. The Morgan fingerprint density at radius 3 is 1.58 bits per heavy atom. The zero-order chi connectivity index (χ0) is 27.0. The third kappa shape index (κ3) is 5.25. The van der Waals surface area contributed by atoms with Crippen LogP contribution in [-0.4, -0.2) is 35.2 Å². The summed E-state index contributed by atoms with van der Waals surface area (Å²) < 4.78 is 4.92. The smallest absolute Gasteiger partial charge is 0.345 e. The van der Waals surface area contributed by atoms with Crippen molar-refractivity contribution in [1.29, 1.82) is 0 Å². The topological polar surface area (TPSA) is 101 Å². The molecule has 0 saturated carbocycles. The Morgan fingerprint density at radius 2 is 1.13 bits per heavy atom. The predicted molar refractivity (Wildman–Crippen MR) is 157 cm³/mol. The van der Waals surface area contributed by atoms with E-state index in [1.54, 1.807) is 40.9 Å². The maximum absolute atomic E-state index is 12.2. The first-order chi connectivity index (χ1) is 18.3. The monoisotopic (exact) mass is 600 g/mol. The van der Waals surface area contributed by atoms with Gasteiger partial charge in [-0.2, -0.15) is 0 Å². The Morgan fingerprint density at radius 1 is 0.658 bits per heavy atom. The molecule has 194 valence electrons. The quantitative estimate of drug-likeness (QED) is 0.165. The molecule has 0 atom stereocenters. The Kier molecular flexibility index (Phi) is 7.64. The minimum atomic E-state index is -0.959. The summed E-state index contributed by atoms with van der Waals surface area (Å²) in [6.45, 7) is 2.10. The lowest BCUT2D eigenvalue weighted by atomic mass is 10.1. The maximum Gasteiger partial charge on any atom is 0.345 e. The van der Waals surface area contributed by atoms with Crippen LogP contribution in [0.3, 0.4) is 0 Å². The van der Waals surface area contributed by atoms with Gasteiger partial charge in [-0.25, -0.2) is 9.59 Å². The SMILES string of the molecule is CCc1cc(-c2ccc(C(=O)O)s2)sc1-c1ccc(-c2sc(-c3ccc(C(=O)O)s3)cc2CC(=O)OC)s1. The summed E-state index contributed by atoms with van der Waals surface area (Å²) in [5, 5.41) is 18.6. The second-order valence-electron chi connectivity index (χ2n) is 8.14. The fourth-order valence-electron chi connectivity index (χ4n) is 3.89. The fraction of sp³-hybridized carbons (Fsp3) is 0.148. The Bertz CT molecular complexity index is 1660. The normalized spacial score (nSPS) is 11.1. The highest BCUT2D eigenvalue weighted by molar-refractivity contribution is 7.30. The van der Waals surface area contributed by atoms with Crippen molar-refractivity contribution in [3.63, 3.8) is 0 Å². The van der Waals surface area contributed by atoms with Crippen LogP contribution < -0.4 is 0 Å². The standard InChI is InChI=1S/C27H20O6S5/c1-3-13-10-21(15-4-8-19(34-15)26(29)30)37-24(13)17-6-7-18(36-17)25-14(12-23(28)33-2)11-22(38-25)16-5-9-20(35-16)27(31)32/h4-11H,3,12H2,1-2H3,(H,29,30)(H,31,32). The van der Waals surface area contributed by atoms with E-state index in [-0.39, 0.29) is 17.3 Å². The highest BCUT2D eigenvalue weighted by Crippen LogP contribution is 2.47. The van der Waals surface area contributed by atoms with Gasteiger partial charge in [0.05, 0.1) is 13.5 Å². The van der Waals surface area contributed by atoms with Gasteiger partial charge in [-0.3, -0.25) is 4.79 Å². The molecule has 0 bridgehead atoms. The number of methoxy groups -OCH3 is 1. The van der Waals surface area contributed by atoms with E-state index in [0.29, 0.717) is 4.88 Å². The van der Waals surface area contributed by atoms with Gasteiger partial charge in [-0.05, 0) is 66.1 Å². The van der Waals surface area contributed by atoms with Gasteiger partial charge in [-0.1, -0.05) is 6.92 Å². The number of aromatic carboxylic acids is 2. The van der Waals surface area contributed by atoms with Crippen LogP contribution in [0.15, 0.2) is 48.5 Å². The largest absolute Gasteiger partial charge is 0.477 e. The lowest BCUT2D eigenvalue weighted by Gasteiger charge is -2.01. The highest BCUT2D eigenvalue weighted by atomic mass is 32.1. The lowest BCUT2D eigenvalue weighted by molar-refractivity contribution is -0.139. The molecular formula is C27H20O6S5. The number of hydrogen-bond acceptors (Lipinski definition) is 9. The molecule has 11 heteroatoms. The van der Waals surface area contributed by atoms with Crippen molar-refractivity contribution in [3.8, 4) is 39.0 Å². The third-order valence-corrected chi connectivity index (χ3v) is 12.1. The number of thiophene rings is 5. The molecule has 5 heterocycles. The van der Waals surface area contributed by atoms with Crippen molar-refractivity contribution >= 4 is 74.6 Å². The summed E-state index contributed by atoms with van der Waals surface area (Å²) in [6, 6.07) is 15.1. The summed E-state index contributed by atoms with van der Waals surface area (Å²) in [6.07, 6.45) is 0.970. The second-order valence-corrected chi connectivity index (χ2v) is 13.5. The fourth-order valence-corrected chi connectivity index (χ4v) is 9.47. The summed E-state index contributed by atoms with van der Waals surface area (Å²) in [5.41, 5.74) is 2.04. The van der Waals surface area contributed by atoms with E-state index in [2.05, 4.69) is 25.1 Å². The van der Waals surface area contributed by atoms with Crippen LogP contribution >= 0.6 is 56.7 Å². The molecule has 2 N–H and O–H groups in total. The van der Waals surface area contributed by atoms with E-state index in [1.165, 1.54) is 46.7 Å². The zero-order valence-corrected chi connectivity index (χ0v) is 24.2. The number of esters is 1. The van der Waals surface area contributed by atoms with Gasteiger partial charge in [0.25, 0.3) is 0 Å². The first-order valence-corrected chi connectivity index (χ1v) is 15.5. The summed E-state index contributed by atoms with van der Waals surface area (Å²) in [7, 11) is 1.37. The van der Waals surface area contributed by atoms with Gasteiger partial charge in [0.15, 0.2) is 0 Å². The number of hydrogen-bond donors (Lipinski definition) is 2. The number of aryl methyl sites for hydroxylation is 1. The lowest BCUT2D eigenvalue weighted by Crippen LogP contribution is -2.04. The van der Waals surface area contributed by atoms with Gasteiger partial charge >= 0.3 is 17.9 Å². The number of carbonyl (C=O) groups excluding carboxylic acids is 1. The summed E-state index contributed by atoms with van der Waals surface area (Å²) in [5.74, 6) is -2.21. The van der Waals surface area contributed by atoms with E-state index in [1.807, 2.05) is 12.1 Å². The molecule has 5 rings (SSSR count). The van der Waals surface area contributed by atoms with Crippen molar-refractivity contribution in [2.45, 2.75) is 19.8 Å². The van der Waals surface area contributed by atoms with Crippen molar-refractivity contribution in [3.05, 3.63) is 69.4 Å². The predicted octanol–water partition coefficient (Wildman–Crippen LogP) is 8.34. The van der Waals surface area contributed by atoms with E-state index < -0.39 is 11.9 Å². The van der Waals surface area contributed by atoms with Crippen molar-refractivity contribution < 1.29 is 29.3 Å². The Labute approximate surface area is 238 Å². The molecule has 38 heavy (non-hydrogen) atoms. The highest BCUT2D eigenvalue weighted by Gasteiger charge is 2.21. The molecule has 0 amide bonds. The van der Waals surface area contributed by atoms with Crippen LogP contribution in [0.5, 0.6) is 0 Å². The van der Waals surface area contributed by atoms with Crippen LogP contribution in [0.4, 0.5) is 0 Å². The van der Waals surface area contributed by atoms with E-state index in [9.17, 15) is 24.6 Å². The van der Waals surface area contributed by atoms with E-state index in [0.717, 1.165) is 51.0 Å². The first-order valence-electron chi connectivity index (χ1n) is 11.4. The van der Waals surface area contributed by atoms with E-state index >= 15 is 0 Å². The minimum absolute atomic E-state index is 0.125. The van der Waals surface area contributed by atoms with Crippen LogP contribution in [0.1, 0.15) is 37.4 Å². The van der Waals surface area contributed by atoms with Gasteiger partial charge in [0.2, 0.25) is 0 Å². The average Bonchev–Trinajstić information content (AvgIpc) is 3.71. The molecule has 0 unspecified atom stereocenters. The number of carboxylic acid groups (broad SMARTS) is 2. The summed E-state index contributed by atoms with van der Waals surface area (Å²) in [4.78, 5) is 43.4. The Balaban J connectivity index is 1.52. The zero-order valence-electron chi connectivity index (χ0n) is 20.1. The molecule has 0 aliphatic heterocycles. The van der Waals surface area contributed by atoms with Crippen LogP contribution in [0, 0.1) is 0 Å². The molecule has 0 radical (unpaired) electrons. The summed E-state index contributed by atoms with van der Waals surface area (Å²) >= 11 is 7.32. The molecule has 6 nitrogen and oxygen atoms in total. The van der Waals surface area contributed by atoms with Crippen LogP contribution in [-0.2, 0) is 22.4 Å². The second kappa shape index (κ2) is 11.0. The number of carbonyl (C=O) groups is 3. The first kappa shape index (κ1) is 26.5. The molecule has 0 aromatic carbocycles. The third-order valence-electron chi connectivity index (χ3n) is 5.73. The van der Waals surface area contributed by atoms with Crippen molar-refractivity contribution in [2.75, 3.05) is 7.11 Å². The van der Waals surface area contributed by atoms with Gasteiger partial charge in [0.1, 0.15) is 9.75 Å². The number of rotatable bonds is 9. The van der Waals surface area contributed by atoms with Gasteiger partial charge in [-0.15, -0.1) is 56.7 Å². The van der Waals surface area contributed by atoms with Crippen molar-refractivity contribution in [2.24, 2.45) is 0 Å². The molecule has 0 saturated heterocycles. The van der Waals surface area contributed by atoms with Crippen molar-refractivity contribution in [1.82, 2.24) is 0 Å². The van der Waals surface area contributed by atoms with Crippen LogP contribution in [0.2, 0.25) is 0 Å². The molecule has 0 fully saturated rings. The van der Waals surface area contributed by atoms with Gasteiger partial charge in [0, 0.05) is 39.0 Å². The molecule has 0 spiro atoms. The Hall–Kier alpha value is -3.09. The number of ether oxygens (including phenoxy) is 1. The van der Waals surface area contributed by atoms with E-state index in [4.69, 9.17) is 4.74 Å². The molecule has 5 aromatic heterocycles. The maximum atomic E-state index is 12.2. The number of carboxylic acids is 2. The van der Waals surface area contributed by atoms with Gasteiger partial charge < -0.3 is 14.9 Å². The minimum Gasteiger partial charge on any atom is -0.477 e. The molecule has 0 aliphatic rings. The molecule has 5 aromatic rings.